The highest BCUT2D eigenvalue weighted by atomic mass is 31.1. The molecule has 0 aromatic heterocycles. The van der Waals surface area contributed by atoms with Gasteiger partial charge in [-0.2, -0.15) is 0 Å². The van der Waals surface area contributed by atoms with Crippen molar-refractivity contribution in [2.24, 2.45) is 0 Å². The number of carbonyl (C=O) groups is 1. The number of benzene rings is 2. The molecule has 0 unspecified atom stereocenters. The van der Waals surface area contributed by atoms with Crippen LogP contribution in [0.25, 0.3) is 0 Å². The lowest BCUT2D eigenvalue weighted by Crippen LogP contribution is -2.28. The normalized spacial score (nSPS) is 10.6. The van der Waals surface area contributed by atoms with Crippen LogP contribution in [0.2, 0.25) is 0 Å². The molecule has 0 saturated heterocycles. The zero-order valence-electron chi connectivity index (χ0n) is 12.0. The molecule has 3 heteroatoms. The minimum Gasteiger partial charge on any atom is -0.346 e. The summed E-state index contributed by atoms with van der Waals surface area (Å²) in [5, 5.41) is 2.73. The lowest BCUT2D eigenvalue weighted by Gasteiger charge is -2.22. The van der Waals surface area contributed by atoms with E-state index in [4.69, 9.17) is 0 Å². The van der Waals surface area contributed by atoms with Crippen LogP contribution in [0.3, 0.4) is 0 Å². The Kier molecular flexibility index (Phi) is 5.31. The van der Waals surface area contributed by atoms with Gasteiger partial charge in [-0.1, -0.05) is 60.7 Å². The third-order valence-corrected chi connectivity index (χ3v) is 5.82. The van der Waals surface area contributed by atoms with Crippen molar-refractivity contribution in [2.45, 2.75) is 6.92 Å². The molecule has 0 aliphatic rings. The number of rotatable bonds is 5. The Morgan fingerprint density at radius 3 is 1.80 bits per heavy atom. The second-order valence-electron chi connectivity index (χ2n) is 4.76. The van der Waals surface area contributed by atoms with Gasteiger partial charge in [-0.3, -0.25) is 4.79 Å². The summed E-state index contributed by atoms with van der Waals surface area (Å²) in [7, 11) is 1.46. The molecule has 0 saturated carbocycles. The summed E-state index contributed by atoms with van der Waals surface area (Å²) in [6.07, 6.45) is 0.999. The molecule has 0 N–H and O–H groups in total. The zero-order valence-corrected chi connectivity index (χ0v) is 12.9. The van der Waals surface area contributed by atoms with Gasteiger partial charge in [0.25, 0.3) is 0 Å². The van der Waals surface area contributed by atoms with Crippen molar-refractivity contribution < 1.29 is 4.79 Å². The first kappa shape index (κ1) is 14.7. The zero-order chi connectivity index (χ0) is 14.4. The van der Waals surface area contributed by atoms with E-state index >= 15 is 0 Å². The summed E-state index contributed by atoms with van der Waals surface area (Å²) in [5.74, 6) is 0.126. The molecule has 2 aromatic rings. The molecule has 0 bridgehead atoms. The molecule has 0 atom stereocenters. The molecule has 0 aliphatic heterocycles. The summed E-state index contributed by atoms with van der Waals surface area (Å²) >= 11 is 0. The molecule has 1 amide bonds. The van der Waals surface area contributed by atoms with Crippen molar-refractivity contribution in [1.29, 1.82) is 0 Å². The van der Waals surface area contributed by atoms with Crippen LogP contribution in [-0.2, 0) is 4.79 Å². The molecule has 2 rings (SSSR count). The monoisotopic (exact) mass is 285 g/mol. The van der Waals surface area contributed by atoms with Gasteiger partial charge in [0.1, 0.15) is 0 Å². The number of nitrogens with zero attached hydrogens (tertiary/aromatic N) is 1. The van der Waals surface area contributed by atoms with E-state index in [-0.39, 0.29) is 5.91 Å². The van der Waals surface area contributed by atoms with Crippen LogP contribution in [0.1, 0.15) is 6.92 Å². The summed E-state index contributed by atoms with van der Waals surface area (Å²) in [4.78, 5) is 13.2. The Morgan fingerprint density at radius 2 is 1.40 bits per heavy atom. The number of hydrogen-bond acceptors (Lipinski definition) is 1. The number of amides is 1. The van der Waals surface area contributed by atoms with Crippen LogP contribution >= 0.6 is 7.92 Å². The third kappa shape index (κ3) is 3.91. The second-order valence-corrected chi connectivity index (χ2v) is 7.10. The summed E-state index contributed by atoms with van der Waals surface area (Å²) in [5.41, 5.74) is 0. The van der Waals surface area contributed by atoms with Crippen LogP contribution in [-0.4, -0.2) is 30.6 Å². The van der Waals surface area contributed by atoms with Crippen LogP contribution in [0.4, 0.5) is 0 Å². The predicted molar refractivity (Wildman–Crippen MR) is 87.3 cm³/mol. The highest BCUT2D eigenvalue weighted by Gasteiger charge is 2.14. The topological polar surface area (TPSA) is 20.3 Å². The van der Waals surface area contributed by atoms with Gasteiger partial charge < -0.3 is 4.90 Å². The quantitative estimate of drug-likeness (QED) is 0.773. The standard InChI is InChI=1S/C17H20NOP/c1-15(19)18(2)13-14-20(16-9-5-3-6-10-16)17-11-7-4-8-12-17/h3-12H,13-14H2,1-2H3. The van der Waals surface area contributed by atoms with Crippen molar-refractivity contribution in [2.75, 3.05) is 19.8 Å². The van der Waals surface area contributed by atoms with Crippen molar-refractivity contribution in [3.8, 4) is 0 Å². The van der Waals surface area contributed by atoms with Gasteiger partial charge >= 0.3 is 0 Å². The van der Waals surface area contributed by atoms with Crippen molar-refractivity contribution in [3.05, 3.63) is 60.7 Å². The van der Waals surface area contributed by atoms with Gasteiger partial charge in [-0.25, -0.2) is 0 Å². The molecule has 0 fully saturated rings. The summed E-state index contributed by atoms with van der Waals surface area (Å²) < 4.78 is 0. The maximum absolute atomic E-state index is 11.4. The van der Waals surface area contributed by atoms with Crippen molar-refractivity contribution >= 4 is 24.4 Å². The van der Waals surface area contributed by atoms with Gasteiger partial charge in [0.05, 0.1) is 0 Å². The molecule has 0 heterocycles. The van der Waals surface area contributed by atoms with Gasteiger partial charge in [0.2, 0.25) is 5.91 Å². The fourth-order valence-electron chi connectivity index (χ4n) is 2.03. The predicted octanol–water partition coefficient (Wildman–Crippen LogP) is 2.60. The first-order valence-corrected chi connectivity index (χ1v) is 8.30. The van der Waals surface area contributed by atoms with Crippen molar-refractivity contribution in [3.63, 3.8) is 0 Å². The minimum absolute atomic E-state index is 0.126. The SMILES string of the molecule is CC(=O)N(C)CCP(c1ccccc1)c1ccccc1. The Balaban J connectivity index is 2.19. The second kappa shape index (κ2) is 7.21. The first-order chi connectivity index (χ1) is 9.68. The number of carbonyl (C=O) groups excluding carboxylic acids is 1. The maximum atomic E-state index is 11.4. The summed E-state index contributed by atoms with van der Waals surface area (Å²) in [6, 6.07) is 21.2. The highest BCUT2D eigenvalue weighted by molar-refractivity contribution is 7.73. The smallest absolute Gasteiger partial charge is 0.219 e. The van der Waals surface area contributed by atoms with E-state index in [9.17, 15) is 4.79 Å². The lowest BCUT2D eigenvalue weighted by molar-refractivity contribution is -0.127. The molecule has 0 radical (unpaired) electrons. The van der Waals surface area contributed by atoms with Gasteiger partial charge in [0.15, 0.2) is 0 Å². The Morgan fingerprint density at radius 1 is 0.950 bits per heavy atom. The molecule has 0 aliphatic carbocycles. The third-order valence-electron chi connectivity index (χ3n) is 3.33. The molecule has 2 nitrogen and oxygen atoms in total. The Bertz CT molecular complexity index is 502. The van der Waals surface area contributed by atoms with E-state index in [1.807, 2.05) is 19.2 Å². The van der Waals surface area contributed by atoms with Gasteiger partial charge in [0, 0.05) is 20.5 Å². The van der Waals surface area contributed by atoms with Gasteiger partial charge in [-0.05, 0) is 24.7 Å². The lowest BCUT2D eigenvalue weighted by atomic mass is 10.4. The van der Waals surface area contributed by atoms with Crippen molar-refractivity contribution in [1.82, 2.24) is 4.90 Å². The molecule has 104 valence electrons. The molecular weight excluding hydrogens is 265 g/mol. The molecular formula is C17H20NOP. The minimum atomic E-state index is -0.402. The van der Waals surface area contributed by atoms with Crippen LogP contribution in [0.15, 0.2) is 60.7 Å². The average Bonchev–Trinajstić information content (AvgIpc) is 2.49. The fourth-order valence-corrected chi connectivity index (χ4v) is 4.41. The van der Waals surface area contributed by atoms with Crippen LogP contribution < -0.4 is 10.6 Å². The van der Waals surface area contributed by atoms with E-state index in [1.54, 1.807) is 11.8 Å². The van der Waals surface area contributed by atoms with Crippen LogP contribution in [0.5, 0.6) is 0 Å². The molecule has 0 spiro atoms. The molecule has 2 aromatic carbocycles. The fraction of sp³-hybridized carbons (Fsp3) is 0.235. The van der Waals surface area contributed by atoms with Gasteiger partial charge in [-0.15, -0.1) is 0 Å². The molecule has 20 heavy (non-hydrogen) atoms. The van der Waals surface area contributed by atoms with E-state index < -0.39 is 7.92 Å². The Hall–Kier alpha value is -1.66. The maximum Gasteiger partial charge on any atom is 0.219 e. The first-order valence-electron chi connectivity index (χ1n) is 6.78. The largest absolute Gasteiger partial charge is 0.346 e. The van der Waals surface area contributed by atoms with E-state index in [0.29, 0.717) is 0 Å². The Labute approximate surface area is 122 Å². The highest BCUT2D eigenvalue weighted by Crippen LogP contribution is 2.32. The number of hydrogen-bond donors (Lipinski definition) is 0. The van der Waals surface area contributed by atoms with E-state index in [0.717, 1.165) is 12.7 Å². The summed E-state index contributed by atoms with van der Waals surface area (Å²) in [6.45, 7) is 2.41. The average molecular weight is 285 g/mol. The van der Waals surface area contributed by atoms with Crippen LogP contribution in [0, 0.1) is 0 Å². The van der Waals surface area contributed by atoms with E-state index in [1.165, 1.54) is 10.6 Å². The van der Waals surface area contributed by atoms with E-state index in [2.05, 4.69) is 48.5 Å².